The highest BCUT2D eigenvalue weighted by molar-refractivity contribution is 5.98. The van der Waals surface area contributed by atoms with Crippen LogP contribution < -0.4 is 10.6 Å². The molecule has 1 aliphatic heterocycles. The van der Waals surface area contributed by atoms with Gasteiger partial charge in [-0.2, -0.15) is 0 Å². The van der Waals surface area contributed by atoms with Crippen molar-refractivity contribution >= 4 is 11.8 Å². The third-order valence-electron chi connectivity index (χ3n) is 3.92. The maximum absolute atomic E-state index is 12.2. The number of likely N-dealkylation sites (N-methyl/N-ethyl adjacent to an activating group) is 1. The lowest BCUT2D eigenvalue weighted by Crippen LogP contribution is -2.41. The molecule has 0 aliphatic carbocycles. The van der Waals surface area contributed by atoms with E-state index >= 15 is 0 Å². The van der Waals surface area contributed by atoms with Crippen LogP contribution in [0, 0.1) is 0 Å². The molecule has 0 radical (unpaired) electrons. The van der Waals surface area contributed by atoms with Gasteiger partial charge in [0.15, 0.2) is 0 Å². The van der Waals surface area contributed by atoms with Crippen LogP contribution in [0.4, 0.5) is 0 Å². The van der Waals surface area contributed by atoms with Crippen molar-refractivity contribution in [1.29, 1.82) is 0 Å². The smallest absolute Gasteiger partial charge is 0.269 e. The average Bonchev–Trinajstić information content (AvgIpc) is 2.62. The molecule has 0 spiro atoms. The number of hydrogen-bond donors (Lipinski definition) is 2. The third kappa shape index (κ3) is 6.77. The Hall–Kier alpha value is -2.03. The fourth-order valence-electron chi connectivity index (χ4n) is 2.43. The van der Waals surface area contributed by atoms with Gasteiger partial charge in [0.1, 0.15) is 5.69 Å². The van der Waals surface area contributed by atoms with E-state index in [0.717, 1.165) is 39.4 Å². The summed E-state index contributed by atoms with van der Waals surface area (Å²) in [4.78, 5) is 32.6. The Balaban J connectivity index is 1.80. The van der Waals surface area contributed by atoms with Gasteiger partial charge < -0.3 is 20.3 Å². The second-order valence-corrected chi connectivity index (χ2v) is 6.20. The predicted molar refractivity (Wildman–Crippen MR) is 94.7 cm³/mol. The largest absolute Gasteiger partial charge is 0.379 e. The lowest BCUT2D eigenvalue weighted by molar-refractivity contribution is 0.0383. The lowest BCUT2D eigenvalue weighted by Gasteiger charge is -2.26. The topological polar surface area (TPSA) is 86.8 Å². The zero-order valence-corrected chi connectivity index (χ0v) is 15.0. The van der Waals surface area contributed by atoms with Crippen molar-refractivity contribution < 1.29 is 14.3 Å². The monoisotopic (exact) mass is 349 g/mol. The van der Waals surface area contributed by atoms with Gasteiger partial charge in [0.25, 0.3) is 11.8 Å². The summed E-state index contributed by atoms with van der Waals surface area (Å²) < 4.78 is 5.29. The number of amides is 2. The molecule has 2 N–H and O–H groups in total. The Labute approximate surface area is 148 Å². The Bertz CT molecular complexity index is 573. The summed E-state index contributed by atoms with van der Waals surface area (Å²) in [5, 5.41) is 5.67. The van der Waals surface area contributed by atoms with Gasteiger partial charge in [0.05, 0.1) is 13.2 Å². The molecule has 1 fully saturated rings. The van der Waals surface area contributed by atoms with Gasteiger partial charge in [-0.25, -0.2) is 0 Å². The summed E-state index contributed by atoms with van der Waals surface area (Å²) >= 11 is 0. The molecule has 1 aromatic heterocycles. The van der Waals surface area contributed by atoms with Gasteiger partial charge in [-0.3, -0.25) is 19.5 Å². The van der Waals surface area contributed by atoms with E-state index in [1.165, 1.54) is 12.3 Å². The molecule has 8 heteroatoms. The number of nitrogens with one attached hydrogen (secondary N) is 2. The molecular formula is C17H27N5O3. The van der Waals surface area contributed by atoms with Crippen LogP contribution in [-0.4, -0.2) is 93.2 Å². The Morgan fingerprint density at radius 2 is 1.92 bits per heavy atom. The second kappa shape index (κ2) is 10.1. The first kappa shape index (κ1) is 19.3. The molecule has 25 heavy (non-hydrogen) atoms. The van der Waals surface area contributed by atoms with Crippen molar-refractivity contribution in [3.05, 3.63) is 29.6 Å². The van der Waals surface area contributed by atoms with E-state index in [-0.39, 0.29) is 17.5 Å². The second-order valence-electron chi connectivity index (χ2n) is 6.20. The first-order chi connectivity index (χ1) is 12.1. The SMILES string of the molecule is CN(C)CCNC(=O)c1ccnc(C(=O)NCCN2CCOCC2)c1. The molecule has 0 saturated carbocycles. The highest BCUT2D eigenvalue weighted by atomic mass is 16.5. The number of carbonyl (C=O) groups excluding carboxylic acids is 2. The minimum atomic E-state index is -0.267. The summed E-state index contributed by atoms with van der Waals surface area (Å²) in [5.74, 6) is -0.470. The van der Waals surface area contributed by atoms with E-state index in [1.54, 1.807) is 6.07 Å². The molecule has 8 nitrogen and oxygen atoms in total. The minimum Gasteiger partial charge on any atom is -0.379 e. The Morgan fingerprint density at radius 3 is 2.64 bits per heavy atom. The molecule has 2 heterocycles. The van der Waals surface area contributed by atoms with E-state index in [1.807, 2.05) is 19.0 Å². The molecule has 0 atom stereocenters. The molecular weight excluding hydrogens is 322 g/mol. The fourth-order valence-corrected chi connectivity index (χ4v) is 2.43. The molecule has 2 amide bonds. The first-order valence-corrected chi connectivity index (χ1v) is 8.53. The number of nitrogens with zero attached hydrogens (tertiary/aromatic N) is 3. The standard InChI is InChI=1S/C17H27N5O3/c1-21(2)7-5-19-16(23)14-3-4-18-15(13-14)17(24)20-6-8-22-9-11-25-12-10-22/h3-4,13H,5-12H2,1-2H3,(H,19,23)(H,20,24). The Kier molecular flexibility index (Phi) is 7.77. The van der Waals surface area contributed by atoms with Crippen molar-refractivity contribution in [2.75, 3.05) is 66.6 Å². The van der Waals surface area contributed by atoms with E-state index in [9.17, 15) is 9.59 Å². The lowest BCUT2D eigenvalue weighted by atomic mass is 10.2. The first-order valence-electron chi connectivity index (χ1n) is 8.53. The zero-order chi connectivity index (χ0) is 18.1. The molecule has 0 bridgehead atoms. The highest BCUT2D eigenvalue weighted by Crippen LogP contribution is 2.02. The van der Waals surface area contributed by atoms with E-state index < -0.39 is 0 Å². The highest BCUT2D eigenvalue weighted by Gasteiger charge is 2.13. The third-order valence-corrected chi connectivity index (χ3v) is 3.92. The Morgan fingerprint density at radius 1 is 1.20 bits per heavy atom. The predicted octanol–water partition coefficient (Wildman–Crippen LogP) is -0.565. The molecule has 0 aromatic carbocycles. The quantitative estimate of drug-likeness (QED) is 0.654. The number of morpholine rings is 1. The molecule has 1 aromatic rings. The van der Waals surface area contributed by atoms with Crippen LogP contribution in [0.1, 0.15) is 20.8 Å². The van der Waals surface area contributed by atoms with Crippen molar-refractivity contribution in [1.82, 2.24) is 25.4 Å². The maximum atomic E-state index is 12.2. The van der Waals surface area contributed by atoms with Crippen LogP contribution in [0.3, 0.4) is 0 Å². The van der Waals surface area contributed by atoms with Crippen LogP contribution in [0.5, 0.6) is 0 Å². The van der Waals surface area contributed by atoms with Gasteiger partial charge in [0, 0.05) is 51.0 Å². The molecule has 1 aliphatic rings. The fraction of sp³-hybridized carbons (Fsp3) is 0.588. The average molecular weight is 349 g/mol. The van der Waals surface area contributed by atoms with Crippen LogP contribution in [-0.2, 0) is 4.74 Å². The van der Waals surface area contributed by atoms with Crippen molar-refractivity contribution in [3.8, 4) is 0 Å². The molecule has 138 valence electrons. The van der Waals surface area contributed by atoms with E-state index in [4.69, 9.17) is 4.74 Å². The summed E-state index contributed by atoms with van der Waals surface area (Å²) in [6, 6.07) is 3.13. The summed E-state index contributed by atoms with van der Waals surface area (Å²) in [6.45, 7) is 5.87. The van der Waals surface area contributed by atoms with Gasteiger partial charge >= 0.3 is 0 Å². The van der Waals surface area contributed by atoms with E-state index in [0.29, 0.717) is 18.7 Å². The number of aromatic nitrogens is 1. The zero-order valence-electron chi connectivity index (χ0n) is 15.0. The number of ether oxygens (including phenoxy) is 1. The van der Waals surface area contributed by atoms with Crippen molar-refractivity contribution in [2.45, 2.75) is 0 Å². The summed E-state index contributed by atoms with van der Waals surface area (Å²) in [5.41, 5.74) is 0.689. The van der Waals surface area contributed by atoms with Crippen LogP contribution in [0.15, 0.2) is 18.3 Å². The van der Waals surface area contributed by atoms with Gasteiger partial charge in [-0.05, 0) is 26.2 Å². The number of hydrogen-bond acceptors (Lipinski definition) is 6. The van der Waals surface area contributed by atoms with Crippen molar-refractivity contribution in [2.24, 2.45) is 0 Å². The molecule has 2 rings (SSSR count). The molecule has 0 unspecified atom stereocenters. The van der Waals surface area contributed by atoms with Crippen molar-refractivity contribution in [3.63, 3.8) is 0 Å². The van der Waals surface area contributed by atoms with Gasteiger partial charge in [-0.15, -0.1) is 0 Å². The van der Waals surface area contributed by atoms with E-state index in [2.05, 4.69) is 20.5 Å². The summed E-state index contributed by atoms with van der Waals surface area (Å²) in [7, 11) is 3.88. The number of rotatable bonds is 8. The van der Waals surface area contributed by atoms with Crippen LogP contribution in [0.2, 0.25) is 0 Å². The van der Waals surface area contributed by atoms with Crippen LogP contribution >= 0.6 is 0 Å². The van der Waals surface area contributed by atoms with Crippen LogP contribution in [0.25, 0.3) is 0 Å². The summed E-state index contributed by atoms with van der Waals surface area (Å²) in [6.07, 6.45) is 1.48. The molecule has 1 saturated heterocycles. The normalized spacial score (nSPS) is 15.2. The number of carbonyl (C=O) groups is 2. The minimum absolute atomic E-state index is 0.202. The maximum Gasteiger partial charge on any atom is 0.269 e. The number of pyridine rings is 1. The van der Waals surface area contributed by atoms with Gasteiger partial charge in [-0.1, -0.05) is 0 Å². The van der Waals surface area contributed by atoms with Gasteiger partial charge in [0.2, 0.25) is 0 Å².